The molecule has 2 aromatic carbocycles. The summed E-state index contributed by atoms with van der Waals surface area (Å²) in [6.45, 7) is 3.99. The van der Waals surface area contributed by atoms with Gasteiger partial charge in [-0.05, 0) is 43.2 Å². The molecule has 3 N–H and O–H groups in total. The number of likely N-dealkylation sites (N-methyl/N-ethyl adjacent to an activating group) is 1. The molecule has 0 aromatic heterocycles. The van der Waals surface area contributed by atoms with Crippen LogP contribution in [0.25, 0.3) is 0 Å². The number of quaternary nitrogens is 1. The zero-order chi connectivity index (χ0) is 19.3. The molecular formula is C19H22ClFN3O2+. The molecule has 0 aliphatic heterocycles. The summed E-state index contributed by atoms with van der Waals surface area (Å²) in [5, 5.41) is 5.62. The second-order valence-corrected chi connectivity index (χ2v) is 6.73. The van der Waals surface area contributed by atoms with Gasteiger partial charge < -0.3 is 15.5 Å². The van der Waals surface area contributed by atoms with Crippen LogP contribution in [-0.2, 0) is 9.59 Å². The molecule has 0 bridgehead atoms. The number of rotatable bonds is 6. The van der Waals surface area contributed by atoms with E-state index in [4.69, 9.17) is 11.6 Å². The van der Waals surface area contributed by atoms with Gasteiger partial charge in [-0.2, -0.15) is 0 Å². The summed E-state index contributed by atoms with van der Waals surface area (Å²) in [7, 11) is 1.72. The maximum atomic E-state index is 13.7. The van der Waals surface area contributed by atoms with Gasteiger partial charge >= 0.3 is 0 Å². The van der Waals surface area contributed by atoms with E-state index in [0.29, 0.717) is 4.90 Å². The Hall–Kier alpha value is -2.44. The van der Waals surface area contributed by atoms with Gasteiger partial charge in [0.05, 0.1) is 12.7 Å². The fourth-order valence-corrected chi connectivity index (χ4v) is 2.75. The molecule has 1 atom stereocenters. The summed E-state index contributed by atoms with van der Waals surface area (Å²) in [5.74, 6) is -1.18. The number of benzene rings is 2. The van der Waals surface area contributed by atoms with Crippen molar-refractivity contribution in [1.29, 1.82) is 0 Å². The molecule has 0 saturated heterocycles. The highest BCUT2D eigenvalue weighted by Crippen LogP contribution is 2.19. The Morgan fingerprint density at radius 1 is 1.04 bits per heavy atom. The van der Waals surface area contributed by atoms with E-state index in [1.54, 1.807) is 7.05 Å². The molecule has 0 saturated carbocycles. The fraction of sp³-hybridized carbons (Fsp3) is 0.263. The molecular weight excluding hydrogens is 357 g/mol. The summed E-state index contributed by atoms with van der Waals surface area (Å²) < 4.78 is 13.7. The number of amides is 2. The van der Waals surface area contributed by atoms with E-state index >= 15 is 0 Å². The zero-order valence-corrected chi connectivity index (χ0v) is 15.7. The molecule has 7 heteroatoms. The number of hydrogen-bond donors (Lipinski definition) is 3. The molecule has 5 nitrogen and oxygen atoms in total. The van der Waals surface area contributed by atoms with E-state index in [9.17, 15) is 14.0 Å². The van der Waals surface area contributed by atoms with Crippen LogP contribution in [0.2, 0.25) is 5.02 Å². The summed E-state index contributed by atoms with van der Waals surface area (Å²) in [4.78, 5) is 24.9. The van der Waals surface area contributed by atoms with E-state index in [0.717, 1.165) is 22.9 Å². The number of para-hydroxylation sites is 1. The van der Waals surface area contributed by atoms with Gasteiger partial charge in [-0.25, -0.2) is 4.39 Å². The molecule has 2 rings (SSSR count). The smallest absolute Gasteiger partial charge is 0.279 e. The number of hydrogen-bond acceptors (Lipinski definition) is 2. The van der Waals surface area contributed by atoms with Crippen LogP contribution >= 0.6 is 11.6 Å². The predicted molar refractivity (Wildman–Crippen MR) is 101 cm³/mol. The number of nitrogens with one attached hydrogen (secondary N) is 3. The van der Waals surface area contributed by atoms with Gasteiger partial charge in [0.15, 0.2) is 13.1 Å². The normalized spacial score (nSPS) is 11.7. The van der Waals surface area contributed by atoms with Crippen molar-refractivity contribution in [3.05, 3.63) is 58.4 Å². The van der Waals surface area contributed by atoms with Gasteiger partial charge in [0.25, 0.3) is 11.8 Å². The first kappa shape index (κ1) is 19.9. The molecule has 0 aliphatic carbocycles. The van der Waals surface area contributed by atoms with Crippen LogP contribution in [0.15, 0.2) is 36.4 Å². The largest absolute Gasteiger partial charge is 0.322 e. The van der Waals surface area contributed by atoms with Crippen molar-refractivity contribution in [3.8, 4) is 0 Å². The monoisotopic (exact) mass is 378 g/mol. The van der Waals surface area contributed by atoms with Gasteiger partial charge in [-0.1, -0.05) is 29.8 Å². The Morgan fingerprint density at radius 2 is 1.62 bits per heavy atom. The average molecular weight is 379 g/mol. The lowest BCUT2D eigenvalue weighted by atomic mass is 10.1. The minimum absolute atomic E-state index is 0.0300. The molecule has 0 radical (unpaired) electrons. The minimum Gasteiger partial charge on any atom is -0.322 e. The van der Waals surface area contributed by atoms with Crippen molar-refractivity contribution in [3.63, 3.8) is 0 Å². The highest BCUT2D eigenvalue weighted by molar-refractivity contribution is 6.30. The quantitative estimate of drug-likeness (QED) is 0.721. The van der Waals surface area contributed by atoms with Gasteiger partial charge in [0.2, 0.25) is 0 Å². The maximum absolute atomic E-state index is 13.7. The average Bonchev–Trinajstić information content (AvgIpc) is 2.53. The molecule has 138 valence electrons. The SMILES string of the molecule is Cc1cccc(C)c1NC(=O)C[NH+](C)CC(=O)Nc1ccc(Cl)cc1F. The lowest BCUT2D eigenvalue weighted by molar-refractivity contribution is -0.862. The topological polar surface area (TPSA) is 62.6 Å². The Labute approximate surface area is 157 Å². The van der Waals surface area contributed by atoms with Crippen LogP contribution in [0.3, 0.4) is 0 Å². The van der Waals surface area contributed by atoms with Crippen molar-refractivity contribution in [1.82, 2.24) is 0 Å². The Balaban J connectivity index is 1.88. The van der Waals surface area contributed by atoms with Gasteiger partial charge in [-0.15, -0.1) is 0 Å². The highest BCUT2D eigenvalue weighted by atomic mass is 35.5. The first-order valence-corrected chi connectivity index (χ1v) is 8.56. The van der Waals surface area contributed by atoms with Crippen molar-refractivity contribution >= 4 is 34.8 Å². The predicted octanol–water partition coefficient (Wildman–Crippen LogP) is 2.19. The first-order chi connectivity index (χ1) is 12.3. The number of carbonyl (C=O) groups excluding carboxylic acids is 2. The lowest BCUT2D eigenvalue weighted by Crippen LogP contribution is -3.11. The van der Waals surface area contributed by atoms with Crippen molar-refractivity contribution in [2.75, 3.05) is 30.8 Å². The number of carbonyl (C=O) groups is 2. The molecule has 1 unspecified atom stereocenters. The van der Waals surface area contributed by atoms with Crippen LogP contribution in [0, 0.1) is 19.7 Å². The van der Waals surface area contributed by atoms with E-state index in [1.165, 1.54) is 12.1 Å². The molecule has 0 aliphatic rings. The van der Waals surface area contributed by atoms with Gasteiger partial charge in [-0.3, -0.25) is 9.59 Å². The second kappa shape index (κ2) is 8.78. The van der Waals surface area contributed by atoms with Gasteiger partial charge in [0.1, 0.15) is 5.82 Å². The van der Waals surface area contributed by atoms with Gasteiger partial charge in [0, 0.05) is 10.7 Å². The third-order valence-corrected chi connectivity index (χ3v) is 4.11. The number of anilines is 2. The highest BCUT2D eigenvalue weighted by Gasteiger charge is 2.16. The molecule has 0 heterocycles. The van der Waals surface area contributed by atoms with E-state index < -0.39 is 5.82 Å². The lowest BCUT2D eigenvalue weighted by Gasteiger charge is -2.15. The Bertz CT molecular complexity index is 806. The summed E-state index contributed by atoms with van der Waals surface area (Å²) in [6.07, 6.45) is 0. The Kier molecular flexibility index (Phi) is 6.71. The van der Waals surface area contributed by atoms with Crippen LogP contribution < -0.4 is 15.5 Å². The summed E-state index contributed by atoms with van der Waals surface area (Å²) in [6, 6.07) is 9.80. The third-order valence-electron chi connectivity index (χ3n) is 3.88. The molecule has 0 fully saturated rings. The summed E-state index contributed by atoms with van der Waals surface area (Å²) >= 11 is 5.68. The molecule has 26 heavy (non-hydrogen) atoms. The first-order valence-electron chi connectivity index (χ1n) is 8.18. The van der Waals surface area contributed by atoms with Crippen LogP contribution in [0.4, 0.5) is 15.8 Å². The van der Waals surface area contributed by atoms with E-state index in [2.05, 4.69) is 10.6 Å². The minimum atomic E-state index is -0.601. The van der Waals surface area contributed by atoms with Crippen LogP contribution in [0.5, 0.6) is 0 Å². The fourth-order valence-electron chi connectivity index (χ4n) is 2.59. The van der Waals surface area contributed by atoms with Crippen molar-refractivity contribution < 1.29 is 18.9 Å². The summed E-state index contributed by atoms with van der Waals surface area (Å²) in [5.41, 5.74) is 2.81. The van der Waals surface area contributed by atoms with Crippen molar-refractivity contribution in [2.45, 2.75) is 13.8 Å². The second-order valence-electron chi connectivity index (χ2n) is 6.30. The molecule has 2 aromatic rings. The van der Waals surface area contributed by atoms with Crippen molar-refractivity contribution in [2.24, 2.45) is 0 Å². The maximum Gasteiger partial charge on any atom is 0.279 e. The molecule has 0 spiro atoms. The molecule has 2 amide bonds. The van der Waals surface area contributed by atoms with E-state index in [-0.39, 0.29) is 35.6 Å². The van der Waals surface area contributed by atoms with Crippen LogP contribution in [0.1, 0.15) is 11.1 Å². The van der Waals surface area contributed by atoms with E-state index in [1.807, 2.05) is 32.0 Å². The standard InChI is InChI=1S/C19H21ClFN3O2/c1-12-5-4-6-13(2)19(12)23-18(26)11-24(3)10-17(25)22-16-8-7-14(20)9-15(16)21/h4-9H,10-11H2,1-3H3,(H,22,25)(H,23,26)/p+1. The Morgan fingerprint density at radius 3 is 2.19 bits per heavy atom. The third kappa shape index (κ3) is 5.54. The number of aryl methyl sites for hydroxylation is 2. The number of halogens is 2. The zero-order valence-electron chi connectivity index (χ0n) is 15.0. The van der Waals surface area contributed by atoms with Crippen LogP contribution in [-0.4, -0.2) is 32.0 Å².